The lowest BCUT2D eigenvalue weighted by atomic mass is 10.2. The number of aryl methyl sites for hydroxylation is 1. The van der Waals surface area contributed by atoms with E-state index in [0.29, 0.717) is 24.1 Å². The van der Waals surface area contributed by atoms with E-state index in [1.807, 2.05) is 20.8 Å². The van der Waals surface area contributed by atoms with Gasteiger partial charge in [0.25, 0.3) is 10.0 Å². The molecule has 3 rings (SSSR count). The molecule has 0 aliphatic rings. The SMILES string of the molecule is CCc1nnc(-c2ncc(Cl)cc2NS(=O)(=O)c2ccc(Cl)c(C(F)(F)F)c2)n1C(C)C. The molecular formula is C19H18Cl2F3N5O2S. The summed E-state index contributed by atoms with van der Waals surface area (Å²) in [5.74, 6) is 0.950. The molecule has 0 aliphatic heterocycles. The number of rotatable bonds is 6. The smallest absolute Gasteiger partial charge is 0.307 e. The van der Waals surface area contributed by atoms with Crippen LogP contribution in [0.4, 0.5) is 18.9 Å². The average molecular weight is 508 g/mol. The van der Waals surface area contributed by atoms with Crippen LogP contribution in [0, 0.1) is 0 Å². The van der Waals surface area contributed by atoms with E-state index in [0.717, 1.165) is 12.1 Å². The van der Waals surface area contributed by atoms with Gasteiger partial charge in [0.2, 0.25) is 0 Å². The molecule has 3 aromatic rings. The van der Waals surface area contributed by atoms with E-state index in [9.17, 15) is 21.6 Å². The molecule has 0 atom stereocenters. The highest BCUT2D eigenvalue weighted by Crippen LogP contribution is 2.37. The lowest BCUT2D eigenvalue weighted by Crippen LogP contribution is -2.16. The van der Waals surface area contributed by atoms with Crippen molar-refractivity contribution in [2.45, 2.75) is 44.3 Å². The third kappa shape index (κ3) is 4.84. The van der Waals surface area contributed by atoms with E-state index in [4.69, 9.17) is 23.2 Å². The van der Waals surface area contributed by atoms with E-state index in [-0.39, 0.29) is 22.4 Å². The van der Waals surface area contributed by atoms with Crippen LogP contribution in [0.15, 0.2) is 35.4 Å². The molecule has 0 saturated heterocycles. The molecule has 7 nitrogen and oxygen atoms in total. The van der Waals surface area contributed by atoms with Crippen LogP contribution in [0.1, 0.15) is 38.2 Å². The van der Waals surface area contributed by atoms with Crippen LogP contribution in [0.3, 0.4) is 0 Å². The van der Waals surface area contributed by atoms with Gasteiger partial charge in [0.1, 0.15) is 11.5 Å². The Morgan fingerprint density at radius 2 is 1.84 bits per heavy atom. The van der Waals surface area contributed by atoms with Gasteiger partial charge in [0.15, 0.2) is 5.82 Å². The minimum Gasteiger partial charge on any atom is -0.307 e. The summed E-state index contributed by atoms with van der Waals surface area (Å²) in [6, 6.07) is 3.55. The van der Waals surface area contributed by atoms with Crippen LogP contribution >= 0.6 is 23.2 Å². The molecular weight excluding hydrogens is 490 g/mol. The molecule has 0 saturated carbocycles. The lowest BCUT2D eigenvalue weighted by Gasteiger charge is -2.16. The van der Waals surface area contributed by atoms with Crippen LogP contribution in [0.25, 0.3) is 11.5 Å². The summed E-state index contributed by atoms with van der Waals surface area (Å²) >= 11 is 11.6. The molecule has 0 amide bonds. The van der Waals surface area contributed by atoms with Crippen molar-refractivity contribution in [3.05, 3.63) is 51.9 Å². The maximum atomic E-state index is 13.2. The maximum absolute atomic E-state index is 13.2. The van der Waals surface area contributed by atoms with Crippen molar-refractivity contribution >= 4 is 38.9 Å². The standard InChI is InChI=1S/C19H18Cl2F3N5O2S/c1-4-16-26-27-18(29(16)10(2)3)17-15(7-11(20)9-25-17)28-32(30,31)12-5-6-14(21)13(8-12)19(22,23)24/h5-10,28H,4H2,1-3H3. The summed E-state index contributed by atoms with van der Waals surface area (Å²) in [4.78, 5) is 3.58. The summed E-state index contributed by atoms with van der Waals surface area (Å²) in [5, 5.41) is 7.76. The van der Waals surface area contributed by atoms with E-state index >= 15 is 0 Å². The fraction of sp³-hybridized carbons (Fsp3) is 0.316. The molecule has 0 fully saturated rings. The highest BCUT2D eigenvalue weighted by atomic mass is 35.5. The van der Waals surface area contributed by atoms with Crippen molar-refractivity contribution in [2.24, 2.45) is 0 Å². The molecule has 172 valence electrons. The first kappa shape index (κ1) is 24.3. The zero-order valence-electron chi connectivity index (χ0n) is 17.1. The van der Waals surface area contributed by atoms with Crippen LogP contribution in [-0.4, -0.2) is 28.2 Å². The third-order valence-corrected chi connectivity index (χ3v) is 6.36. The third-order valence-electron chi connectivity index (χ3n) is 4.46. The second-order valence-corrected chi connectivity index (χ2v) is 9.58. The number of nitrogens with zero attached hydrogens (tertiary/aromatic N) is 4. The largest absolute Gasteiger partial charge is 0.417 e. The van der Waals surface area contributed by atoms with Gasteiger partial charge in [-0.25, -0.2) is 13.4 Å². The summed E-state index contributed by atoms with van der Waals surface area (Å²) in [5.41, 5.74) is -1.19. The molecule has 2 aromatic heterocycles. The zero-order valence-corrected chi connectivity index (χ0v) is 19.4. The number of hydrogen-bond acceptors (Lipinski definition) is 5. The average Bonchev–Trinajstić information content (AvgIpc) is 3.11. The van der Waals surface area contributed by atoms with Crippen LogP contribution in [-0.2, 0) is 22.6 Å². The van der Waals surface area contributed by atoms with Gasteiger partial charge in [-0.05, 0) is 38.1 Å². The number of nitrogens with one attached hydrogen (secondary N) is 1. The molecule has 0 bridgehead atoms. The van der Waals surface area contributed by atoms with Crippen LogP contribution in [0.5, 0.6) is 0 Å². The fourth-order valence-electron chi connectivity index (χ4n) is 3.06. The molecule has 32 heavy (non-hydrogen) atoms. The van der Waals surface area contributed by atoms with Gasteiger partial charge in [0.05, 0.1) is 26.2 Å². The van der Waals surface area contributed by atoms with E-state index in [2.05, 4.69) is 19.9 Å². The topological polar surface area (TPSA) is 89.8 Å². The highest BCUT2D eigenvalue weighted by molar-refractivity contribution is 7.92. The van der Waals surface area contributed by atoms with Gasteiger partial charge in [-0.2, -0.15) is 13.2 Å². The second kappa shape index (κ2) is 8.87. The summed E-state index contributed by atoms with van der Waals surface area (Å²) < 4.78 is 69.5. The minimum absolute atomic E-state index is 0.0574. The number of halogens is 5. The molecule has 0 radical (unpaired) electrons. The Morgan fingerprint density at radius 3 is 2.44 bits per heavy atom. The number of anilines is 1. The van der Waals surface area contributed by atoms with E-state index in [1.165, 1.54) is 12.3 Å². The van der Waals surface area contributed by atoms with Crippen LogP contribution in [0.2, 0.25) is 10.0 Å². The van der Waals surface area contributed by atoms with Crippen molar-refractivity contribution in [1.29, 1.82) is 0 Å². The first-order chi connectivity index (χ1) is 14.8. The van der Waals surface area contributed by atoms with E-state index in [1.54, 1.807) is 4.57 Å². The van der Waals surface area contributed by atoms with Crippen molar-refractivity contribution < 1.29 is 21.6 Å². The monoisotopic (exact) mass is 507 g/mol. The number of pyridine rings is 1. The molecule has 0 aliphatic carbocycles. The molecule has 13 heteroatoms. The number of aromatic nitrogens is 4. The summed E-state index contributed by atoms with van der Waals surface area (Å²) in [6.45, 7) is 5.70. The van der Waals surface area contributed by atoms with E-state index < -0.39 is 31.7 Å². The quantitative estimate of drug-likeness (QED) is 0.468. The Balaban J connectivity index is 2.12. The Hall–Kier alpha value is -2.37. The summed E-state index contributed by atoms with van der Waals surface area (Å²) in [6.07, 6.45) is -2.94. The molecule has 0 unspecified atom stereocenters. The van der Waals surface area contributed by atoms with Gasteiger partial charge in [-0.15, -0.1) is 10.2 Å². The predicted octanol–water partition coefficient (Wildman–Crippen LogP) is 5.61. The van der Waals surface area contributed by atoms with Crippen molar-refractivity contribution in [3.8, 4) is 11.5 Å². The van der Waals surface area contributed by atoms with Crippen molar-refractivity contribution in [3.63, 3.8) is 0 Å². The normalized spacial score (nSPS) is 12.4. The Kier molecular flexibility index (Phi) is 6.73. The maximum Gasteiger partial charge on any atom is 0.417 e. The Labute approximate surface area is 192 Å². The highest BCUT2D eigenvalue weighted by Gasteiger charge is 2.34. The van der Waals surface area contributed by atoms with Crippen molar-refractivity contribution in [2.75, 3.05) is 4.72 Å². The minimum atomic E-state index is -4.82. The fourth-order valence-corrected chi connectivity index (χ4v) is 4.52. The second-order valence-electron chi connectivity index (χ2n) is 7.05. The number of sulfonamides is 1. The Morgan fingerprint density at radius 1 is 1.16 bits per heavy atom. The molecule has 1 N–H and O–H groups in total. The number of benzene rings is 1. The van der Waals surface area contributed by atoms with Gasteiger partial charge in [-0.1, -0.05) is 30.1 Å². The van der Waals surface area contributed by atoms with Crippen LogP contribution < -0.4 is 4.72 Å². The lowest BCUT2D eigenvalue weighted by molar-refractivity contribution is -0.137. The van der Waals surface area contributed by atoms with Gasteiger partial charge in [0, 0.05) is 18.7 Å². The first-order valence-electron chi connectivity index (χ1n) is 9.34. The number of hydrogen-bond donors (Lipinski definition) is 1. The molecule has 2 heterocycles. The summed E-state index contributed by atoms with van der Waals surface area (Å²) in [7, 11) is -4.46. The van der Waals surface area contributed by atoms with Gasteiger partial charge in [-0.3, -0.25) is 4.72 Å². The zero-order chi connectivity index (χ0) is 23.8. The molecule has 0 spiro atoms. The van der Waals surface area contributed by atoms with Gasteiger partial charge < -0.3 is 4.57 Å². The molecule has 1 aromatic carbocycles. The van der Waals surface area contributed by atoms with Gasteiger partial charge >= 0.3 is 6.18 Å². The first-order valence-corrected chi connectivity index (χ1v) is 11.6. The Bertz CT molecular complexity index is 1260. The predicted molar refractivity (Wildman–Crippen MR) is 115 cm³/mol. The number of alkyl halides is 3. The van der Waals surface area contributed by atoms with Crippen molar-refractivity contribution in [1.82, 2.24) is 19.7 Å².